The molecule has 0 unspecified atom stereocenters. The number of carbonyl (C=O) groups is 2. The van der Waals surface area contributed by atoms with Crippen LogP contribution in [0.5, 0.6) is 5.75 Å². The number of urea groups is 1. The van der Waals surface area contributed by atoms with Gasteiger partial charge in [-0.25, -0.2) is 4.79 Å². The molecule has 0 aliphatic heterocycles. The highest BCUT2D eigenvalue weighted by Gasteiger charge is 2.34. The van der Waals surface area contributed by atoms with Gasteiger partial charge in [0.2, 0.25) is 0 Å². The largest absolute Gasteiger partial charge is 0.480 e. The number of hydrogen-bond donors (Lipinski definition) is 3. The monoisotopic (exact) mass is 385 g/mol. The number of likely N-dealkylation sites (N-methyl/N-ethyl adjacent to an activating group) is 1. The summed E-state index contributed by atoms with van der Waals surface area (Å²) in [7, 11) is 0. The normalized spacial score (nSPS) is 18.9. The van der Waals surface area contributed by atoms with Crippen LogP contribution in [0.4, 0.5) is 13.6 Å². The van der Waals surface area contributed by atoms with E-state index in [2.05, 4.69) is 15.4 Å². The zero-order valence-corrected chi connectivity index (χ0v) is 15.4. The van der Waals surface area contributed by atoms with Gasteiger partial charge in [-0.1, -0.05) is 24.6 Å². The van der Waals surface area contributed by atoms with E-state index < -0.39 is 18.6 Å². The molecule has 1 aromatic carbocycles. The average Bonchev–Trinajstić information content (AvgIpc) is 2.55. The molecule has 0 aromatic heterocycles. The van der Waals surface area contributed by atoms with Gasteiger partial charge in [0.05, 0.1) is 6.54 Å². The number of ether oxygens (including phenoxy) is 1. The summed E-state index contributed by atoms with van der Waals surface area (Å²) in [6.45, 7) is 1.47. The van der Waals surface area contributed by atoms with E-state index in [-0.39, 0.29) is 30.9 Å². The van der Waals surface area contributed by atoms with Gasteiger partial charge >= 0.3 is 18.6 Å². The zero-order chi connectivity index (χ0) is 20.0. The number of carbonyl (C=O) groups excluding carboxylic acids is 1. The van der Waals surface area contributed by atoms with E-state index in [0.717, 1.165) is 5.56 Å². The standard InChI is InChI=1S/C18H25F2N3O4/c1-3-23(10-16(24)25)14-7-13(8-14)22-18(26)21-9-12-6-11(2)4-5-15(12)27-17(19)20/h4-6,13-14,17H,3,7-10H2,1-2H3,(H,24,25)(H2,21,22,26). The molecule has 1 fully saturated rings. The number of carboxylic acid groups (broad SMARTS) is 1. The van der Waals surface area contributed by atoms with Crippen LogP contribution in [0, 0.1) is 6.92 Å². The fraction of sp³-hybridized carbons (Fsp3) is 0.556. The predicted molar refractivity (Wildman–Crippen MR) is 94.9 cm³/mol. The minimum atomic E-state index is -2.93. The van der Waals surface area contributed by atoms with E-state index in [0.29, 0.717) is 24.9 Å². The quantitative estimate of drug-likeness (QED) is 0.607. The van der Waals surface area contributed by atoms with Crippen LogP contribution < -0.4 is 15.4 Å². The van der Waals surface area contributed by atoms with Crippen molar-refractivity contribution in [3.05, 3.63) is 29.3 Å². The maximum Gasteiger partial charge on any atom is 0.387 e. The minimum Gasteiger partial charge on any atom is -0.480 e. The van der Waals surface area contributed by atoms with Gasteiger partial charge in [0.15, 0.2) is 0 Å². The molecular weight excluding hydrogens is 360 g/mol. The maximum absolute atomic E-state index is 12.5. The number of benzene rings is 1. The fourth-order valence-electron chi connectivity index (χ4n) is 3.15. The lowest BCUT2D eigenvalue weighted by Crippen LogP contribution is -2.56. The lowest BCUT2D eigenvalue weighted by molar-refractivity contribution is -0.139. The summed E-state index contributed by atoms with van der Waals surface area (Å²) in [6.07, 6.45) is 1.36. The Balaban J connectivity index is 1.79. The summed E-state index contributed by atoms with van der Waals surface area (Å²) < 4.78 is 29.4. The first-order valence-electron chi connectivity index (χ1n) is 8.83. The number of aryl methyl sites for hydroxylation is 1. The number of alkyl halides is 2. The third-order valence-corrected chi connectivity index (χ3v) is 4.58. The molecule has 27 heavy (non-hydrogen) atoms. The predicted octanol–water partition coefficient (Wildman–Crippen LogP) is 2.33. The molecule has 7 nitrogen and oxygen atoms in total. The minimum absolute atomic E-state index is 0.0135. The highest BCUT2D eigenvalue weighted by Crippen LogP contribution is 2.26. The smallest absolute Gasteiger partial charge is 0.387 e. The summed E-state index contributed by atoms with van der Waals surface area (Å²) >= 11 is 0. The molecule has 0 spiro atoms. The van der Waals surface area contributed by atoms with Gasteiger partial charge < -0.3 is 20.5 Å². The van der Waals surface area contributed by atoms with Gasteiger partial charge in [-0.3, -0.25) is 9.69 Å². The Morgan fingerprint density at radius 2 is 2.07 bits per heavy atom. The molecular formula is C18H25F2N3O4. The summed E-state index contributed by atoms with van der Waals surface area (Å²) in [5, 5.41) is 14.3. The zero-order valence-electron chi connectivity index (χ0n) is 15.4. The van der Waals surface area contributed by atoms with Crippen LogP contribution in [-0.4, -0.2) is 53.8 Å². The van der Waals surface area contributed by atoms with E-state index in [1.54, 1.807) is 12.1 Å². The molecule has 0 saturated heterocycles. The Bertz CT molecular complexity index is 666. The molecule has 1 saturated carbocycles. The lowest BCUT2D eigenvalue weighted by atomic mass is 9.85. The second-order valence-electron chi connectivity index (χ2n) is 6.60. The van der Waals surface area contributed by atoms with Crippen LogP contribution in [0.3, 0.4) is 0 Å². The molecule has 150 valence electrons. The number of nitrogens with zero attached hydrogens (tertiary/aromatic N) is 1. The molecule has 9 heteroatoms. The molecule has 1 aliphatic rings. The summed E-state index contributed by atoms with van der Waals surface area (Å²) in [4.78, 5) is 24.7. The summed E-state index contributed by atoms with van der Waals surface area (Å²) in [6, 6.07) is 4.50. The van der Waals surface area contributed by atoms with Crippen molar-refractivity contribution in [3.8, 4) is 5.75 Å². The first kappa shape index (κ1) is 20.9. The lowest BCUT2D eigenvalue weighted by Gasteiger charge is -2.42. The van der Waals surface area contributed by atoms with E-state index in [4.69, 9.17) is 5.11 Å². The molecule has 2 rings (SSSR count). The number of nitrogens with one attached hydrogen (secondary N) is 2. The third kappa shape index (κ3) is 6.35. The molecule has 0 atom stereocenters. The Morgan fingerprint density at radius 3 is 2.67 bits per heavy atom. The number of hydrogen-bond acceptors (Lipinski definition) is 4. The van der Waals surface area contributed by atoms with Gasteiger partial charge in [0.25, 0.3) is 0 Å². The SMILES string of the molecule is CCN(CC(=O)O)C1CC(NC(=O)NCc2cc(C)ccc2OC(F)F)C1. The second kappa shape index (κ2) is 9.50. The van der Waals surface area contributed by atoms with E-state index in [1.165, 1.54) is 6.07 Å². The van der Waals surface area contributed by atoms with Crippen LogP contribution in [0.1, 0.15) is 30.9 Å². The van der Waals surface area contributed by atoms with Gasteiger partial charge in [0, 0.05) is 24.2 Å². The van der Waals surface area contributed by atoms with Crippen LogP contribution in [0.25, 0.3) is 0 Å². The Labute approximate surface area is 156 Å². The first-order valence-corrected chi connectivity index (χ1v) is 8.83. The van der Waals surface area contributed by atoms with Crippen LogP contribution in [0.2, 0.25) is 0 Å². The number of halogens is 2. The van der Waals surface area contributed by atoms with Gasteiger partial charge in [-0.05, 0) is 32.4 Å². The molecule has 1 aromatic rings. The number of amides is 2. The number of aliphatic carboxylic acids is 1. The fourth-order valence-corrected chi connectivity index (χ4v) is 3.15. The Kier molecular flexibility index (Phi) is 7.35. The molecule has 0 radical (unpaired) electrons. The summed E-state index contributed by atoms with van der Waals surface area (Å²) in [5.41, 5.74) is 1.34. The Morgan fingerprint density at radius 1 is 1.37 bits per heavy atom. The molecule has 3 N–H and O–H groups in total. The maximum atomic E-state index is 12.5. The van der Waals surface area contributed by atoms with Crippen molar-refractivity contribution in [3.63, 3.8) is 0 Å². The van der Waals surface area contributed by atoms with Crippen molar-refractivity contribution in [2.24, 2.45) is 0 Å². The van der Waals surface area contributed by atoms with Gasteiger partial charge in [-0.2, -0.15) is 8.78 Å². The highest BCUT2D eigenvalue weighted by atomic mass is 19.3. The molecule has 2 amide bonds. The van der Waals surface area contributed by atoms with Gasteiger partial charge in [0.1, 0.15) is 5.75 Å². The van der Waals surface area contributed by atoms with E-state index in [9.17, 15) is 18.4 Å². The van der Waals surface area contributed by atoms with Crippen molar-refractivity contribution in [1.29, 1.82) is 0 Å². The summed E-state index contributed by atoms with van der Waals surface area (Å²) in [5.74, 6) is -0.835. The topological polar surface area (TPSA) is 90.9 Å². The van der Waals surface area contributed by atoms with E-state index in [1.807, 2.05) is 18.7 Å². The van der Waals surface area contributed by atoms with E-state index >= 15 is 0 Å². The Hall–Kier alpha value is -2.42. The third-order valence-electron chi connectivity index (χ3n) is 4.58. The molecule has 0 heterocycles. The van der Waals surface area contributed by atoms with Crippen molar-refractivity contribution in [1.82, 2.24) is 15.5 Å². The number of carboxylic acids is 1. The number of rotatable bonds is 9. The average molecular weight is 385 g/mol. The van der Waals surface area contributed by atoms with Gasteiger partial charge in [-0.15, -0.1) is 0 Å². The molecule has 1 aliphatic carbocycles. The van der Waals surface area contributed by atoms with Crippen molar-refractivity contribution < 1.29 is 28.2 Å². The van der Waals surface area contributed by atoms with Crippen molar-refractivity contribution >= 4 is 12.0 Å². The van der Waals surface area contributed by atoms with Crippen LogP contribution in [0.15, 0.2) is 18.2 Å². The second-order valence-corrected chi connectivity index (χ2v) is 6.60. The highest BCUT2D eigenvalue weighted by molar-refractivity contribution is 5.74. The first-order chi connectivity index (χ1) is 12.8. The van der Waals surface area contributed by atoms with Crippen molar-refractivity contribution in [2.75, 3.05) is 13.1 Å². The van der Waals surface area contributed by atoms with Crippen LogP contribution in [-0.2, 0) is 11.3 Å². The van der Waals surface area contributed by atoms with Crippen LogP contribution >= 0.6 is 0 Å². The molecule has 0 bridgehead atoms. The van der Waals surface area contributed by atoms with Crippen molar-refractivity contribution in [2.45, 2.75) is 51.9 Å².